The van der Waals surface area contributed by atoms with Crippen molar-refractivity contribution in [1.29, 1.82) is 0 Å². The Bertz CT molecular complexity index is 481. The van der Waals surface area contributed by atoms with Gasteiger partial charge in [-0.1, -0.05) is 0 Å². The normalized spacial score (nSPS) is 24.1. The second-order valence-corrected chi connectivity index (χ2v) is 5.82. The molecule has 1 rings (SSSR count). The van der Waals surface area contributed by atoms with Crippen LogP contribution in [-0.2, 0) is 19.0 Å². The second-order valence-electron chi connectivity index (χ2n) is 5.82. The van der Waals surface area contributed by atoms with Gasteiger partial charge in [0.25, 0.3) is 0 Å². The molecule has 0 aromatic carbocycles. The van der Waals surface area contributed by atoms with Crippen molar-refractivity contribution in [2.45, 2.75) is 58.2 Å². The number of β-amino-alcohol motifs (C(OH)–C–C–N with tert-alkyl or cyclic N) is 1. The summed E-state index contributed by atoms with van der Waals surface area (Å²) in [7, 11) is 1.05. The zero-order chi connectivity index (χ0) is 18.6. The van der Waals surface area contributed by atoms with Crippen LogP contribution >= 0.6 is 0 Å². The Labute approximate surface area is 139 Å². The third-order valence-corrected chi connectivity index (χ3v) is 3.11. The van der Waals surface area contributed by atoms with E-state index < -0.39 is 55.2 Å². The van der Waals surface area contributed by atoms with E-state index in [1.165, 1.54) is 0 Å². The maximum absolute atomic E-state index is 12.3. The average molecular weight is 348 g/mol. The van der Waals surface area contributed by atoms with E-state index in [1.54, 1.807) is 27.7 Å². The molecule has 3 atom stereocenters. The van der Waals surface area contributed by atoms with Gasteiger partial charge in [0.2, 0.25) is 0 Å². The van der Waals surface area contributed by atoms with Crippen LogP contribution in [0.1, 0.15) is 27.7 Å². The number of nitrogens with zero attached hydrogens (tertiary/aromatic N) is 2. The van der Waals surface area contributed by atoms with Gasteiger partial charge in [-0.3, -0.25) is 0 Å². The number of aliphatic hydroxyl groups excluding tert-OH is 2. The van der Waals surface area contributed by atoms with Gasteiger partial charge in [-0.25, -0.2) is 19.4 Å². The van der Waals surface area contributed by atoms with Crippen LogP contribution in [0.25, 0.3) is 0 Å². The first-order valence-electron chi connectivity index (χ1n) is 7.52. The van der Waals surface area contributed by atoms with E-state index >= 15 is 0 Å². The molecule has 0 radical (unpaired) electrons. The smallest absolute Gasteiger partial charge is 0.430 e. The summed E-state index contributed by atoms with van der Waals surface area (Å²) in [6.07, 6.45) is -6.18. The van der Waals surface area contributed by atoms with Gasteiger partial charge in [-0.2, -0.15) is 5.01 Å². The van der Waals surface area contributed by atoms with E-state index in [2.05, 4.69) is 4.74 Å². The zero-order valence-corrected chi connectivity index (χ0v) is 14.3. The number of ether oxygens (including phenoxy) is 3. The molecule has 0 aromatic rings. The lowest BCUT2D eigenvalue weighted by molar-refractivity contribution is -0.185. The quantitative estimate of drug-likeness (QED) is 0.534. The van der Waals surface area contributed by atoms with Gasteiger partial charge in [0.15, 0.2) is 6.04 Å². The molecular formula is C14H24N2O8. The first-order chi connectivity index (χ1) is 11.1. The van der Waals surface area contributed by atoms with Gasteiger partial charge in [0, 0.05) is 0 Å². The fourth-order valence-corrected chi connectivity index (χ4v) is 2.13. The topological polar surface area (TPSA) is 126 Å². The molecule has 0 unspecified atom stereocenters. The number of carbonyl (C=O) groups is 3. The largest absolute Gasteiger partial charge is 0.467 e. The number of methoxy groups -OCH3 is 1. The van der Waals surface area contributed by atoms with Gasteiger partial charge in [-0.15, -0.1) is 0 Å². The van der Waals surface area contributed by atoms with E-state index in [0.29, 0.717) is 5.01 Å². The van der Waals surface area contributed by atoms with E-state index in [0.717, 1.165) is 12.1 Å². The van der Waals surface area contributed by atoms with Crippen LogP contribution in [0.3, 0.4) is 0 Å². The molecule has 2 amide bonds. The van der Waals surface area contributed by atoms with Crippen LogP contribution in [0.4, 0.5) is 9.59 Å². The Kier molecular flexibility index (Phi) is 6.79. The molecule has 10 nitrogen and oxygen atoms in total. The van der Waals surface area contributed by atoms with Crippen LogP contribution in [0.2, 0.25) is 0 Å². The molecular weight excluding hydrogens is 324 g/mol. The molecule has 0 saturated carbocycles. The Hall–Kier alpha value is -2.07. The second kappa shape index (κ2) is 8.15. The molecule has 1 heterocycles. The number of esters is 1. The van der Waals surface area contributed by atoms with Crippen molar-refractivity contribution in [3.05, 3.63) is 0 Å². The Morgan fingerprint density at radius 3 is 1.96 bits per heavy atom. The lowest BCUT2D eigenvalue weighted by atomic mass is 10.0. The van der Waals surface area contributed by atoms with Crippen molar-refractivity contribution in [2.24, 2.45) is 0 Å². The van der Waals surface area contributed by atoms with Gasteiger partial charge in [0.05, 0.1) is 25.9 Å². The maximum atomic E-state index is 12.3. The van der Waals surface area contributed by atoms with Crippen molar-refractivity contribution in [2.75, 3.05) is 13.7 Å². The summed E-state index contributed by atoms with van der Waals surface area (Å²) in [6, 6.07) is -1.65. The fourth-order valence-electron chi connectivity index (χ4n) is 2.13. The highest BCUT2D eigenvalue weighted by Crippen LogP contribution is 2.23. The molecule has 0 bridgehead atoms. The number of hydrogen-bond donors (Lipinski definition) is 2. The Balaban J connectivity index is 3.23. The summed E-state index contributed by atoms with van der Waals surface area (Å²) >= 11 is 0. The van der Waals surface area contributed by atoms with Crippen LogP contribution in [-0.4, -0.2) is 82.5 Å². The summed E-state index contributed by atoms with van der Waals surface area (Å²) in [5, 5.41) is 21.4. The fraction of sp³-hybridized carbons (Fsp3) is 0.786. The number of hydrazine groups is 1. The van der Waals surface area contributed by atoms with Crippen LogP contribution in [0.15, 0.2) is 0 Å². The van der Waals surface area contributed by atoms with Gasteiger partial charge in [-0.05, 0) is 27.7 Å². The predicted molar refractivity (Wildman–Crippen MR) is 79.6 cm³/mol. The third kappa shape index (κ3) is 4.48. The number of rotatable bonds is 3. The molecule has 0 aromatic heterocycles. The number of hydrogen-bond acceptors (Lipinski definition) is 8. The summed E-state index contributed by atoms with van der Waals surface area (Å²) in [6.45, 7) is 5.91. The van der Waals surface area contributed by atoms with Gasteiger partial charge >= 0.3 is 18.2 Å². The minimum Gasteiger partial charge on any atom is -0.467 e. The summed E-state index contributed by atoms with van der Waals surface area (Å²) < 4.78 is 14.6. The predicted octanol–water partition coefficient (Wildman–Crippen LogP) is -0.128. The number of carbonyl (C=O) groups excluding carboxylic acids is 3. The minimum absolute atomic E-state index is 0.451. The Morgan fingerprint density at radius 2 is 1.50 bits per heavy atom. The minimum atomic E-state index is -1.65. The highest BCUT2D eigenvalue weighted by atomic mass is 16.6. The van der Waals surface area contributed by atoms with Gasteiger partial charge in [0.1, 0.15) is 12.2 Å². The molecule has 0 aliphatic carbocycles. The molecule has 10 heteroatoms. The first kappa shape index (κ1) is 20.0. The molecule has 138 valence electrons. The molecule has 1 saturated heterocycles. The SMILES string of the molecule is COC(=O)[C@@H]1[C@@H](O)[C@H](O)CN(C(=O)OC(C)C)N1C(=O)OC(C)C. The molecule has 24 heavy (non-hydrogen) atoms. The molecule has 0 spiro atoms. The summed E-state index contributed by atoms with van der Waals surface area (Å²) in [5.74, 6) is -1.01. The van der Waals surface area contributed by atoms with E-state index in [-0.39, 0.29) is 0 Å². The highest BCUT2D eigenvalue weighted by Gasteiger charge is 2.51. The van der Waals surface area contributed by atoms with E-state index in [1.807, 2.05) is 0 Å². The van der Waals surface area contributed by atoms with Crippen LogP contribution in [0, 0.1) is 0 Å². The van der Waals surface area contributed by atoms with Crippen molar-refractivity contribution >= 4 is 18.2 Å². The zero-order valence-electron chi connectivity index (χ0n) is 14.3. The van der Waals surface area contributed by atoms with E-state index in [9.17, 15) is 24.6 Å². The monoisotopic (exact) mass is 348 g/mol. The lowest BCUT2D eigenvalue weighted by Gasteiger charge is -2.45. The average Bonchev–Trinajstić information content (AvgIpc) is 2.46. The van der Waals surface area contributed by atoms with Crippen molar-refractivity contribution in [3.63, 3.8) is 0 Å². The number of aliphatic hydroxyl groups is 2. The van der Waals surface area contributed by atoms with Crippen molar-refractivity contribution in [3.8, 4) is 0 Å². The van der Waals surface area contributed by atoms with Crippen molar-refractivity contribution in [1.82, 2.24) is 10.0 Å². The van der Waals surface area contributed by atoms with Gasteiger partial charge < -0.3 is 24.4 Å². The summed E-state index contributed by atoms with van der Waals surface area (Å²) in [5.41, 5.74) is 0. The maximum Gasteiger partial charge on any atom is 0.430 e. The molecule has 1 fully saturated rings. The van der Waals surface area contributed by atoms with Crippen LogP contribution < -0.4 is 0 Å². The highest BCUT2D eigenvalue weighted by molar-refractivity contribution is 5.84. The van der Waals surface area contributed by atoms with Crippen LogP contribution in [0.5, 0.6) is 0 Å². The van der Waals surface area contributed by atoms with Crippen molar-refractivity contribution < 1.29 is 38.8 Å². The molecule has 1 aliphatic rings. The first-order valence-corrected chi connectivity index (χ1v) is 7.52. The standard InChI is InChI=1S/C14H24N2O8/c1-7(2)23-13(20)15-6-9(17)11(18)10(12(19)22-5)16(15)14(21)24-8(3)4/h7-11,17-18H,6H2,1-5H3/t9-,10+,11+/m1/s1. The Morgan fingerprint density at radius 1 is 1.00 bits per heavy atom. The van der Waals surface area contributed by atoms with E-state index in [4.69, 9.17) is 9.47 Å². The third-order valence-electron chi connectivity index (χ3n) is 3.11. The molecule has 1 aliphatic heterocycles. The number of amides is 2. The molecule has 2 N–H and O–H groups in total. The summed E-state index contributed by atoms with van der Waals surface area (Å²) in [4.78, 5) is 36.6. The lowest BCUT2D eigenvalue weighted by Crippen LogP contribution is -2.69.